The lowest BCUT2D eigenvalue weighted by molar-refractivity contribution is 0.280. The highest BCUT2D eigenvalue weighted by Crippen LogP contribution is 2.19. The van der Waals surface area contributed by atoms with E-state index in [2.05, 4.69) is 36.4 Å². The zero-order valence-corrected chi connectivity index (χ0v) is 14.5. The van der Waals surface area contributed by atoms with E-state index in [4.69, 9.17) is 0 Å². The van der Waals surface area contributed by atoms with E-state index in [1.165, 1.54) is 6.26 Å². The van der Waals surface area contributed by atoms with E-state index in [-0.39, 0.29) is 0 Å². The molecule has 7 heteroatoms. The molecule has 1 aliphatic heterocycles. The Morgan fingerprint density at radius 2 is 1.95 bits per heavy atom. The Balaban J connectivity index is 2.47. The molecule has 1 saturated heterocycles. The van der Waals surface area contributed by atoms with Crippen LogP contribution in [0, 0.1) is 5.92 Å². The monoisotopic (exact) mass is 318 g/mol. The Bertz CT molecular complexity index is 428. The van der Waals surface area contributed by atoms with Gasteiger partial charge in [-0.2, -0.15) is 0 Å². The first-order valence-electron chi connectivity index (χ1n) is 7.86. The van der Waals surface area contributed by atoms with Crippen LogP contribution >= 0.6 is 0 Å². The average Bonchev–Trinajstić information content (AvgIpc) is 2.44. The van der Waals surface area contributed by atoms with Gasteiger partial charge in [0, 0.05) is 32.2 Å². The molecule has 2 N–H and O–H groups in total. The topological polar surface area (TPSA) is 73.8 Å². The van der Waals surface area contributed by atoms with Crippen molar-refractivity contribution >= 4 is 16.0 Å². The van der Waals surface area contributed by atoms with Gasteiger partial charge in [0.05, 0.1) is 6.26 Å². The van der Waals surface area contributed by atoms with Gasteiger partial charge in [-0.05, 0) is 39.0 Å². The first kappa shape index (κ1) is 18.2. The van der Waals surface area contributed by atoms with Crippen LogP contribution < -0.4 is 10.6 Å². The molecule has 1 heterocycles. The van der Waals surface area contributed by atoms with Gasteiger partial charge < -0.3 is 10.6 Å². The van der Waals surface area contributed by atoms with Gasteiger partial charge in [-0.15, -0.1) is 0 Å². The lowest BCUT2D eigenvalue weighted by Gasteiger charge is -2.29. The van der Waals surface area contributed by atoms with Gasteiger partial charge in [0.25, 0.3) is 0 Å². The van der Waals surface area contributed by atoms with Crippen LogP contribution in [-0.4, -0.2) is 57.2 Å². The minimum Gasteiger partial charge on any atom is -0.357 e. The Kier molecular flexibility index (Phi) is 7.45. The lowest BCUT2D eigenvalue weighted by Crippen LogP contribution is -2.43. The van der Waals surface area contributed by atoms with Gasteiger partial charge in [-0.25, -0.2) is 12.7 Å². The van der Waals surface area contributed by atoms with Crippen LogP contribution in [0.1, 0.15) is 40.0 Å². The molecule has 21 heavy (non-hydrogen) atoms. The van der Waals surface area contributed by atoms with E-state index in [0.29, 0.717) is 25.0 Å². The van der Waals surface area contributed by atoms with Crippen molar-refractivity contribution in [3.05, 3.63) is 0 Å². The number of rotatable bonds is 6. The first-order chi connectivity index (χ1) is 9.86. The summed E-state index contributed by atoms with van der Waals surface area (Å²) in [6, 6.07) is 0.398. The molecule has 0 aromatic rings. The fraction of sp³-hybridized carbons (Fsp3) is 0.929. The Morgan fingerprint density at radius 3 is 2.43 bits per heavy atom. The van der Waals surface area contributed by atoms with Crippen LogP contribution in [0.4, 0.5) is 0 Å². The molecule has 1 rings (SSSR count). The lowest BCUT2D eigenvalue weighted by atomic mass is 9.98. The second-order valence-electron chi connectivity index (χ2n) is 5.78. The van der Waals surface area contributed by atoms with E-state index in [9.17, 15) is 8.42 Å². The largest absolute Gasteiger partial charge is 0.357 e. The second kappa shape index (κ2) is 8.58. The number of hydrogen-bond donors (Lipinski definition) is 2. The van der Waals surface area contributed by atoms with Gasteiger partial charge in [-0.1, -0.05) is 6.92 Å². The summed E-state index contributed by atoms with van der Waals surface area (Å²) in [5, 5.41) is 6.63. The molecular formula is C14H30N4O2S. The fourth-order valence-electron chi connectivity index (χ4n) is 2.30. The summed E-state index contributed by atoms with van der Waals surface area (Å²) < 4.78 is 24.5. The Morgan fingerprint density at radius 1 is 1.33 bits per heavy atom. The number of guanidine groups is 1. The average molecular weight is 318 g/mol. The second-order valence-corrected chi connectivity index (χ2v) is 7.76. The third-order valence-electron chi connectivity index (χ3n) is 3.89. The summed E-state index contributed by atoms with van der Waals surface area (Å²) >= 11 is 0. The van der Waals surface area contributed by atoms with Gasteiger partial charge in [0.15, 0.2) is 5.96 Å². The van der Waals surface area contributed by atoms with E-state index in [1.807, 2.05) is 0 Å². The van der Waals surface area contributed by atoms with Crippen LogP contribution in [0.5, 0.6) is 0 Å². The van der Waals surface area contributed by atoms with Crippen molar-refractivity contribution in [2.24, 2.45) is 10.9 Å². The van der Waals surface area contributed by atoms with E-state index in [0.717, 1.165) is 38.3 Å². The van der Waals surface area contributed by atoms with Crippen LogP contribution in [0.2, 0.25) is 0 Å². The molecule has 6 nitrogen and oxygen atoms in total. The van der Waals surface area contributed by atoms with Crippen LogP contribution in [-0.2, 0) is 10.0 Å². The minimum absolute atomic E-state index is 0.398. The molecule has 1 atom stereocenters. The van der Waals surface area contributed by atoms with Crippen LogP contribution in [0.25, 0.3) is 0 Å². The smallest absolute Gasteiger partial charge is 0.211 e. The first-order valence-corrected chi connectivity index (χ1v) is 9.71. The van der Waals surface area contributed by atoms with Crippen molar-refractivity contribution in [3.8, 4) is 0 Å². The molecule has 1 fully saturated rings. The normalized spacial score (nSPS) is 20.3. The summed E-state index contributed by atoms with van der Waals surface area (Å²) in [5.41, 5.74) is 0. The summed E-state index contributed by atoms with van der Waals surface area (Å²) in [6.45, 7) is 9.17. The third-order valence-corrected chi connectivity index (χ3v) is 5.19. The number of nitrogens with zero attached hydrogens (tertiary/aromatic N) is 2. The van der Waals surface area contributed by atoms with Gasteiger partial charge in [0.2, 0.25) is 10.0 Å². The molecule has 0 saturated carbocycles. The maximum atomic E-state index is 11.5. The molecule has 0 aromatic heterocycles. The summed E-state index contributed by atoms with van der Waals surface area (Å²) in [5.74, 6) is 1.33. The van der Waals surface area contributed by atoms with Crippen LogP contribution in [0.15, 0.2) is 4.99 Å². The molecular weight excluding hydrogens is 288 g/mol. The minimum atomic E-state index is -3.04. The van der Waals surface area contributed by atoms with Crippen LogP contribution in [0.3, 0.4) is 0 Å². The molecule has 0 spiro atoms. The summed E-state index contributed by atoms with van der Waals surface area (Å²) in [6.07, 6.45) is 4.11. The highest BCUT2D eigenvalue weighted by molar-refractivity contribution is 7.88. The van der Waals surface area contributed by atoms with Crippen molar-refractivity contribution in [2.75, 3.05) is 32.4 Å². The molecule has 1 unspecified atom stereocenters. The van der Waals surface area contributed by atoms with Crippen molar-refractivity contribution in [2.45, 2.75) is 46.1 Å². The molecule has 0 bridgehead atoms. The molecule has 1 aliphatic rings. The van der Waals surface area contributed by atoms with Gasteiger partial charge >= 0.3 is 0 Å². The quantitative estimate of drug-likeness (QED) is 0.566. The highest BCUT2D eigenvalue weighted by Gasteiger charge is 2.24. The SMILES string of the molecule is CCNC(=NCC1CCN(S(C)(=O)=O)CC1)NC(C)CC. The van der Waals surface area contributed by atoms with Crippen molar-refractivity contribution in [1.29, 1.82) is 0 Å². The standard InChI is InChI=1S/C14H30N4O2S/c1-5-12(3)17-14(15-6-2)16-11-13-7-9-18(10-8-13)21(4,19)20/h12-13H,5-11H2,1-4H3,(H2,15,16,17). The Hall–Kier alpha value is -0.820. The number of sulfonamides is 1. The third kappa shape index (κ3) is 6.65. The molecule has 124 valence electrons. The van der Waals surface area contributed by atoms with E-state index >= 15 is 0 Å². The van der Waals surface area contributed by atoms with Crippen molar-refractivity contribution in [3.63, 3.8) is 0 Å². The number of piperidine rings is 1. The molecule has 0 radical (unpaired) electrons. The molecule has 0 aromatic carbocycles. The predicted octanol–water partition coefficient (Wildman–Crippen LogP) is 1.01. The zero-order valence-electron chi connectivity index (χ0n) is 13.7. The highest BCUT2D eigenvalue weighted by atomic mass is 32.2. The molecule has 0 aliphatic carbocycles. The fourth-order valence-corrected chi connectivity index (χ4v) is 3.17. The maximum Gasteiger partial charge on any atom is 0.211 e. The number of nitrogens with one attached hydrogen (secondary N) is 2. The van der Waals surface area contributed by atoms with Gasteiger partial charge in [-0.3, -0.25) is 4.99 Å². The number of hydrogen-bond acceptors (Lipinski definition) is 3. The van der Waals surface area contributed by atoms with E-state index < -0.39 is 10.0 Å². The van der Waals surface area contributed by atoms with Crippen molar-refractivity contribution < 1.29 is 8.42 Å². The summed E-state index contributed by atoms with van der Waals surface area (Å²) in [7, 11) is -3.04. The maximum absolute atomic E-state index is 11.5. The molecule has 0 amide bonds. The zero-order chi connectivity index (χ0) is 15.9. The van der Waals surface area contributed by atoms with E-state index in [1.54, 1.807) is 4.31 Å². The van der Waals surface area contributed by atoms with Gasteiger partial charge in [0.1, 0.15) is 0 Å². The Labute approximate surface area is 129 Å². The number of aliphatic imine (C=N–C) groups is 1. The predicted molar refractivity (Wildman–Crippen MR) is 88.0 cm³/mol. The summed E-state index contributed by atoms with van der Waals surface area (Å²) in [4.78, 5) is 4.64. The van der Waals surface area contributed by atoms with Crippen molar-refractivity contribution in [1.82, 2.24) is 14.9 Å².